The van der Waals surface area contributed by atoms with Crippen LogP contribution in [-0.4, -0.2) is 51.0 Å². The minimum atomic E-state index is -3.80. The molecule has 2 N–H and O–H groups in total. The number of nitrogens with zero attached hydrogens (tertiary/aromatic N) is 1. The van der Waals surface area contributed by atoms with Crippen molar-refractivity contribution in [3.63, 3.8) is 0 Å². The molecular weight excluding hydrogens is 480 g/mol. The van der Waals surface area contributed by atoms with E-state index in [4.69, 9.17) is 9.84 Å². The lowest BCUT2D eigenvalue weighted by atomic mass is 9.87. The highest BCUT2D eigenvalue weighted by atomic mass is 32.2. The number of amides is 1. The van der Waals surface area contributed by atoms with Crippen molar-refractivity contribution in [1.29, 1.82) is 0 Å². The van der Waals surface area contributed by atoms with E-state index >= 15 is 0 Å². The molecule has 0 aliphatic heterocycles. The van der Waals surface area contributed by atoms with Crippen molar-refractivity contribution in [2.24, 2.45) is 0 Å². The maximum Gasteiger partial charge on any atom is 0.341 e. The van der Waals surface area contributed by atoms with E-state index in [9.17, 15) is 18.0 Å². The molecule has 1 amide bonds. The van der Waals surface area contributed by atoms with Gasteiger partial charge in [-0.15, -0.1) is 0 Å². The smallest absolute Gasteiger partial charge is 0.341 e. The van der Waals surface area contributed by atoms with Crippen molar-refractivity contribution < 1.29 is 27.9 Å². The summed E-state index contributed by atoms with van der Waals surface area (Å²) < 4.78 is 34.6. The van der Waals surface area contributed by atoms with Gasteiger partial charge in [0.15, 0.2) is 6.61 Å². The Hall–Kier alpha value is -3.69. The zero-order chi connectivity index (χ0) is 25.9. The van der Waals surface area contributed by atoms with Gasteiger partial charge in [0.2, 0.25) is 10.0 Å². The third-order valence-corrected chi connectivity index (χ3v) is 7.64. The van der Waals surface area contributed by atoms with Gasteiger partial charge in [0, 0.05) is 25.7 Å². The highest BCUT2D eigenvalue weighted by molar-refractivity contribution is 7.89. The van der Waals surface area contributed by atoms with Crippen molar-refractivity contribution in [3.8, 4) is 16.9 Å². The van der Waals surface area contributed by atoms with Crippen LogP contribution in [0.25, 0.3) is 11.1 Å². The molecule has 0 fully saturated rings. The minimum absolute atomic E-state index is 0.0843. The number of carboxylic acid groups (broad SMARTS) is 1. The van der Waals surface area contributed by atoms with Crippen LogP contribution in [0.1, 0.15) is 40.4 Å². The molecular formula is C27H28N2O6S. The van der Waals surface area contributed by atoms with E-state index in [1.807, 2.05) is 18.2 Å². The summed E-state index contributed by atoms with van der Waals surface area (Å²) in [4.78, 5) is 24.6. The molecule has 0 aromatic heterocycles. The van der Waals surface area contributed by atoms with Gasteiger partial charge < -0.3 is 14.7 Å². The summed E-state index contributed by atoms with van der Waals surface area (Å²) in [5.74, 6) is -0.678. The summed E-state index contributed by atoms with van der Waals surface area (Å²) in [5.41, 5.74) is 3.93. The molecule has 0 spiro atoms. The molecule has 3 aromatic carbocycles. The van der Waals surface area contributed by atoms with E-state index in [1.165, 1.54) is 4.90 Å². The summed E-state index contributed by atoms with van der Waals surface area (Å²) in [6.07, 6.45) is 2.07. The van der Waals surface area contributed by atoms with Gasteiger partial charge in [-0.1, -0.05) is 36.4 Å². The van der Waals surface area contributed by atoms with Crippen LogP contribution in [0.2, 0.25) is 0 Å². The quantitative estimate of drug-likeness (QED) is 0.478. The van der Waals surface area contributed by atoms with E-state index < -0.39 is 28.6 Å². The molecule has 0 saturated heterocycles. The van der Waals surface area contributed by atoms with Gasteiger partial charge in [0.1, 0.15) is 5.75 Å². The number of carboxylic acids is 1. The van der Waals surface area contributed by atoms with Gasteiger partial charge in [0.05, 0.1) is 4.90 Å². The molecule has 8 nitrogen and oxygen atoms in total. The summed E-state index contributed by atoms with van der Waals surface area (Å²) in [6, 6.07) is 18.6. The first kappa shape index (κ1) is 25.4. The summed E-state index contributed by atoms with van der Waals surface area (Å²) in [6.45, 7) is -0.451. The summed E-state index contributed by atoms with van der Waals surface area (Å²) in [5, 5.41) is 8.92. The van der Waals surface area contributed by atoms with E-state index in [0.717, 1.165) is 28.7 Å². The maximum absolute atomic E-state index is 13.2. The van der Waals surface area contributed by atoms with Gasteiger partial charge in [-0.3, -0.25) is 4.79 Å². The second kappa shape index (κ2) is 10.5. The van der Waals surface area contributed by atoms with Crippen molar-refractivity contribution >= 4 is 21.9 Å². The Morgan fingerprint density at radius 3 is 2.25 bits per heavy atom. The van der Waals surface area contributed by atoms with Crippen LogP contribution in [0, 0.1) is 0 Å². The number of sulfonamides is 1. The number of nitrogens with one attached hydrogen (secondary N) is 1. The van der Waals surface area contributed by atoms with E-state index in [2.05, 4.69) is 4.72 Å². The number of benzene rings is 3. The Labute approximate surface area is 210 Å². The Morgan fingerprint density at radius 1 is 1.00 bits per heavy atom. The molecule has 1 aliphatic carbocycles. The third kappa shape index (κ3) is 5.58. The number of fused-ring (bicyclic) bond motifs is 1. The standard InChI is InChI=1S/C27H28N2O6S/c1-29(2)27(32)20-11-9-18(10-12-20)19-13-15-21(16-14-19)36(33,34)28-24-7-3-6-23-22(24)5-4-8-25(23)35-17-26(30)31/h4-5,8-16,24,28H,3,6-7,17H2,1-2H3,(H,30,31). The van der Waals surface area contributed by atoms with Crippen LogP contribution in [0.4, 0.5) is 0 Å². The Kier molecular flexibility index (Phi) is 7.42. The lowest BCUT2D eigenvalue weighted by molar-refractivity contribution is -0.139. The molecule has 188 valence electrons. The van der Waals surface area contributed by atoms with Gasteiger partial charge >= 0.3 is 5.97 Å². The highest BCUT2D eigenvalue weighted by Crippen LogP contribution is 2.36. The minimum Gasteiger partial charge on any atom is -0.482 e. The average Bonchev–Trinajstić information content (AvgIpc) is 2.87. The molecule has 1 aliphatic rings. The molecule has 0 bridgehead atoms. The fourth-order valence-electron chi connectivity index (χ4n) is 4.36. The van der Waals surface area contributed by atoms with Crippen LogP contribution in [0.5, 0.6) is 5.75 Å². The van der Waals surface area contributed by atoms with Gasteiger partial charge in [0.25, 0.3) is 5.91 Å². The number of hydrogen-bond acceptors (Lipinski definition) is 5. The van der Waals surface area contributed by atoms with Crippen molar-refractivity contribution in [2.75, 3.05) is 20.7 Å². The number of carbonyl (C=O) groups is 2. The monoisotopic (exact) mass is 508 g/mol. The van der Waals surface area contributed by atoms with Crippen LogP contribution >= 0.6 is 0 Å². The number of aliphatic carboxylic acids is 1. The lowest BCUT2D eigenvalue weighted by Gasteiger charge is -2.27. The molecule has 0 saturated carbocycles. The van der Waals surface area contributed by atoms with Gasteiger partial charge in [-0.2, -0.15) is 0 Å². The first-order valence-corrected chi connectivity index (χ1v) is 13.0. The molecule has 1 unspecified atom stereocenters. The molecule has 36 heavy (non-hydrogen) atoms. The topological polar surface area (TPSA) is 113 Å². The van der Waals surface area contributed by atoms with Gasteiger partial charge in [-0.25, -0.2) is 17.9 Å². The van der Waals surface area contributed by atoms with Crippen molar-refractivity contribution in [2.45, 2.75) is 30.2 Å². The van der Waals surface area contributed by atoms with E-state index in [0.29, 0.717) is 24.2 Å². The molecule has 1 atom stereocenters. The largest absolute Gasteiger partial charge is 0.482 e. The Bertz CT molecular complexity index is 1370. The third-order valence-electron chi connectivity index (χ3n) is 6.15. The number of hydrogen-bond donors (Lipinski definition) is 2. The normalized spacial score (nSPS) is 15.1. The average molecular weight is 509 g/mol. The molecule has 3 aromatic rings. The van der Waals surface area contributed by atoms with Crippen LogP contribution < -0.4 is 9.46 Å². The lowest BCUT2D eigenvalue weighted by Crippen LogP contribution is -2.31. The molecule has 9 heteroatoms. The predicted molar refractivity (Wildman–Crippen MR) is 135 cm³/mol. The zero-order valence-corrected chi connectivity index (χ0v) is 20.9. The molecule has 4 rings (SSSR count). The van der Waals surface area contributed by atoms with E-state index in [1.54, 1.807) is 62.6 Å². The zero-order valence-electron chi connectivity index (χ0n) is 20.1. The van der Waals surface area contributed by atoms with Crippen LogP contribution in [0.15, 0.2) is 71.6 Å². The summed E-state index contributed by atoms with van der Waals surface area (Å²) >= 11 is 0. The highest BCUT2D eigenvalue weighted by Gasteiger charge is 2.27. The van der Waals surface area contributed by atoms with Crippen molar-refractivity contribution in [1.82, 2.24) is 9.62 Å². The van der Waals surface area contributed by atoms with E-state index in [-0.39, 0.29) is 10.8 Å². The number of rotatable bonds is 8. The maximum atomic E-state index is 13.2. The van der Waals surface area contributed by atoms with Crippen LogP contribution in [-0.2, 0) is 21.2 Å². The first-order chi connectivity index (χ1) is 17.2. The predicted octanol–water partition coefficient (Wildman–Crippen LogP) is 3.87. The van der Waals surface area contributed by atoms with Crippen molar-refractivity contribution in [3.05, 3.63) is 83.4 Å². The second-order valence-electron chi connectivity index (χ2n) is 8.87. The molecule has 0 heterocycles. The summed E-state index contributed by atoms with van der Waals surface area (Å²) in [7, 11) is -0.411. The van der Waals surface area contributed by atoms with Crippen LogP contribution in [0.3, 0.4) is 0 Å². The SMILES string of the molecule is CN(C)C(=O)c1ccc(-c2ccc(S(=O)(=O)NC3CCCc4c(OCC(=O)O)cccc43)cc2)cc1. The first-order valence-electron chi connectivity index (χ1n) is 11.6. The fourth-order valence-corrected chi connectivity index (χ4v) is 5.61. The molecule has 0 radical (unpaired) electrons. The Morgan fingerprint density at radius 2 is 1.64 bits per heavy atom. The fraction of sp³-hybridized carbons (Fsp3) is 0.259. The second-order valence-corrected chi connectivity index (χ2v) is 10.6. The number of carbonyl (C=O) groups excluding carboxylic acids is 1. The Balaban J connectivity index is 1.51. The number of ether oxygens (including phenoxy) is 1. The van der Waals surface area contributed by atoms with Gasteiger partial charge in [-0.05, 0) is 71.8 Å².